The maximum Gasteiger partial charge on any atom is 0.149 e. The lowest BCUT2D eigenvalue weighted by atomic mass is 10.2. The van der Waals surface area contributed by atoms with E-state index in [1.807, 2.05) is 6.07 Å². The average Bonchev–Trinajstić information content (AvgIpc) is 2.34. The van der Waals surface area contributed by atoms with Crippen molar-refractivity contribution in [2.24, 2.45) is 0 Å². The molecule has 2 aromatic rings. The Hall–Kier alpha value is -1.93. The van der Waals surface area contributed by atoms with Crippen molar-refractivity contribution in [3.63, 3.8) is 0 Å². The molecule has 0 aliphatic carbocycles. The molecule has 0 saturated carbocycles. The number of hydrogen-bond acceptors (Lipinski definition) is 2. The number of hydrogen-bond donors (Lipinski definition) is 1. The van der Waals surface area contributed by atoms with Crippen molar-refractivity contribution in [3.8, 4) is 6.07 Å². The molecule has 0 aliphatic heterocycles. The molecule has 90 valence electrons. The Kier molecular flexibility index (Phi) is 3.58. The van der Waals surface area contributed by atoms with Gasteiger partial charge in [0, 0.05) is 4.47 Å². The summed E-state index contributed by atoms with van der Waals surface area (Å²) in [5.41, 5.74) is 0.379. The molecule has 0 saturated heterocycles. The SMILES string of the molecule is N#Cc1ccc(Br)cc1Nc1c(F)cccc1F. The molecular formula is C13H7BrF2N2. The van der Waals surface area contributed by atoms with Crippen molar-refractivity contribution in [1.29, 1.82) is 5.26 Å². The number of para-hydroxylation sites is 1. The zero-order valence-electron chi connectivity index (χ0n) is 9.05. The number of halogens is 3. The lowest BCUT2D eigenvalue weighted by Gasteiger charge is -2.10. The molecule has 0 spiro atoms. The third-order valence-electron chi connectivity index (χ3n) is 2.32. The van der Waals surface area contributed by atoms with Crippen LogP contribution in [0.15, 0.2) is 40.9 Å². The third-order valence-corrected chi connectivity index (χ3v) is 2.82. The molecule has 2 rings (SSSR count). The van der Waals surface area contributed by atoms with Crippen LogP contribution in [-0.2, 0) is 0 Å². The molecule has 2 nitrogen and oxygen atoms in total. The Balaban J connectivity index is 2.46. The normalized spacial score (nSPS) is 9.89. The van der Waals surface area contributed by atoms with Gasteiger partial charge >= 0.3 is 0 Å². The van der Waals surface area contributed by atoms with Crippen LogP contribution in [0.5, 0.6) is 0 Å². The van der Waals surface area contributed by atoms with Crippen molar-refractivity contribution in [2.75, 3.05) is 5.32 Å². The largest absolute Gasteiger partial charge is 0.350 e. The van der Waals surface area contributed by atoms with Gasteiger partial charge in [0.25, 0.3) is 0 Å². The minimum Gasteiger partial charge on any atom is -0.350 e. The number of nitrogens with one attached hydrogen (secondary N) is 1. The van der Waals surface area contributed by atoms with Gasteiger partial charge in [-0.25, -0.2) is 8.78 Å². The number of nitriles is 1. The summed E-state index contributed by atoms with van der Waals surface area (Å²) in [4.78, 5) is 0. The van der Waals surface area contributed by atoms with E-state index in [0.29, 0.717) is 15.7 Å². The first-order chi connectivity index (χ1) is 8.61. The van der Waals surface area contributed by atoms with Gasteiger partial charge in [-0.05, 0) is 30.3 Å². The van der Waals surface area contributed by atoms with Crippen LogP contribution < -0.4 is 5.32 Å². The zero-order valence-corrected chi connectivity index (χ0v) is 10.6. The molecule has 0 amide bonds. The molecule has 0 aliphatic rings. The molecule has 1 N–H and O–H groups in total. The van der Waals surface area contributed by atoms with E-state index in [1.165, 1.54) is 6.07 Å². The highest BCUT2D eigenvalue weighted by molar-refractivity contribution is 9.10. The smallest absolute Gasteiger partial charge is 0.149 e. The Labute approximate surface area is 111 Å². The van der Waals surface area contributed by atoms with Crippen molar-refractivity contribution in [2.45, 2.75) is 0 Å². The molecule has 5 heteroatoms. The molecule has 0 fully saturated rings. The van der Waals surface area contributed by atoms with Gasteiger partial charge in [-0.2, -0.15) is 5.26 Å². The topological polar surface area (TPSA) is 35.8 Å². The van der Waals surface area contributed by atoms with Gasteiger partial charge in [0.05, 0.1) is 11.3 Å². The van der Waals surface area contributed by atoms with Gasteiger partial charge in [-0.3, -0.25) is 0 Å². The summed E-state index contributed by atoms with van der Waals surface area (Å²) in [5, 5.41) is 11.5. The van der Waals surface area contributed by atoms with Crippen LogP contribution in [0.1, 0.15) is 5.56 Å². The fraction of sp³-hybridized carbons (Fsp3) is 0. The summed E-state index contributed by atoms with van der Waals surface area (Å²) in [6.45, 7) is 0. The lowest BCUT2D eigenvalue weighted by Crippen LogP contribution is -1.99. The van der Waals surface area contributed by atoms with E-state index < -0.39 is 11.6 Å². The molecule has 18 heavy (non-hydrogen) atoms. The maximum absolute atomic E-state index is 13.5. The van der Waals surface area contributed by atoms with Crippen LogP contribution in [0, 0.1) is 23.0 Å². The highest BCUT2D eigenvalue weighted by Crippen LogP contribution is 2.27. The first-order valence-electron chi connectivity index (χ1n) is 5.02. The average molecular weight is 309 g/mol. The summed E-state index contributed by atoms with van der Waals surface area (Å²) < 4.78 is 27.7. The Morgan fingerprint density at radius 3 is 2.39 bits per heavy atom. The van der Waals surface area contributed by atoms with Crippen LogP contribution in [0.25, 0.3) is 0 Å². The molecule has 0 radical (unpaired) electrons. The van der Waals surface area contributed by atoms with E-state index in [9.17, 15) is 8.78 Å². The van der Waals surface area contributed by atoms with E-state index in [1.54, 1.807) is 18.2 Å². The van der Waals surface area contributed by atoms with E-state index in [0.717, 1.165) is 12.1 Å². The van der Waals surface area contributed by atoms with Gasteiger partial charge in [-0.15, -0.1) is 0 Å². The van der Waals surface area contributed by atoms with E-state index >= 15 is 0 Å². The van der Waals surface area contributed by atoms with Crippen molar-refractivity contribution in [3.05, 3.63) is 58.1 Å². The number of nitrogens with zero attached hydrogens (tertiary/aromatic N) is 1. The highest BCUT2D eigenvalue weighted by atomic mass is 79.9. The minimum absolute atomic E-state index is 0.271. The second-order valence-corrected chi connectivity index (χ2v) is 4.44. The van der Waals surface area contributed by atoms with Crippen LogP contribution in [0.3, 0.4) is 0 Å². The summed E-state index contributed by atoms with van der Waals surface area (Å²) >= 11 is 3.24. The third kappa shape index (κ3) is 2.49. The summed E-state index contributed by atoms with van der Waals surface area (Å²) in [6, 6.07) is 10.4. The standard InChI is InChI=1S/C13H7BrF2N2/c14-9-5-4-8(7-17)12(6-9)18-13-10(15)2-1-3-11(13)16/h1-6,18H. The molecule has 0 heterocycles. The number of benzene rings is 2. The van der Waals surface area contributed by atoms with Gasteiger partial charge in [0.1, 0.15) is 23.4 Å². The summed E-state index contributed by atoms with van der Waals surface area (Å²) in [6.07, 6.45) is 0. The minimum atomic E-state index is -0.709. The molecule has 0 unspecified atom stereocenters. The number of anilines is 2. The fourth-order valence-electron chi connectivity index (χ4n) is 1.47. The molecule has 2 aromatic carbocycles. The highest BCUT2D eigenvalue weighted by Gasteiger charge is 2.10. The van der Waals surface area contributed by atoms with Crippen LogP contribution >= 0.6 is 15.9 Å². The van der Waals surface area contributed by atoms with Gasteiger partial charge < -0.3 is 5.32 Å². The first-order valence-corrected chi connectivity index (χ1v) is 5.82. The maximum atomic E-state index is 13.5. The zero-order chi connectivity index (χ0) is 13.1. The van der Waals surface area contributed by atoms with Crippen molar-refractivity contribution in [1.82, 2.24) is 0 Å². The fourth-order valence-corrected chi connectivity index (χ4v) is 1.83. The van der Waals surface area contributed by atoms with Crippen LogP contribution in [-0.4, -0.2) is 0 Å². The first kappa shape index (κ1) is 12.5. The van der Waals surface area contributed by atoms with E-state index in [-0.39, 0.29) is 5.69 Å². The Bertz CT molecular complexity index is 615. The van der Waals surface area contributed by atoms with Gasteiger partial charge in [-0.1, -0.05) is 22.0 Å². The van der Waals surface area contributed by atoms with Crippen LogP contribution in [0.4, 0.5) is 20.2 Å². The quantitative estimate of drug-likeness (QED) is 0.895. The molecule has 0 bridgehead atoms. The monoisotopic (exact) mass is 308 g/mol. The lowest BCUT2D eigenvalue weighted by molar-refractivity contribution is 0.591. The second kappa shape index (κ2) is 5.15. The van der Waals surface area contributed by atoms with E-state index in [4.69, 9.17) is 5.26 Å². The van der Waals surface area contributed by atoms with Crippen molar-refractivity contribution >= 4 is 27.3 Å². The van der Waals surface area contributed by atoms with Crippen LogP contribution in [0.2, 0.25) is 0 Å². The van der Waals surface area contributed by atoms with E-state index in [2.05, 4.69) is 21.2 Å². The number of rotatable bonds is 2. The van der Waals surface area contributed by atoms with Gasteiger partial charge in [0.2, 0.25) is 0 Å². The predicted octanol–water partition coefficient (Wildman–Crippen LogP) is 4.34. The molecule has 0 aromatic heterocycles. The molecular weight excluding hydrogens is 302 g/mol. The summed E-state index contributed by atoms with van der Waals surface area (Å²) in [5.74, 6) is -1.42. The second-order valence-electron chi connectivity index (χ2n) is 3.52. The Morgan fingerprint density at radius 1 is 1.11 bits per heavy atom. The van der Waals surface area contributed by atoms with Gasteiger partial charge in [0.15, 0.2) is 0 Å². The Morgan fingerprint density at radius 2 is 1.78 bits per heavy atom. The predicted molar refractivity (Wildman–Crippen MR) is 68.5 cm³/mol. The van der Waals surface area contributed by atoms with Crippen molar-refractivity contribution < 1.29 is 8.78 Å². The summed E-state index contributed by atoms with van der Waals surface area (Å²) in [7, 11) is 0. The molecule has 0 atom stereocenters.